The molecule has 0 saturated carbocycles. The Balaban J connectivity index is 2.54. The summed E-state index contributed by atoms with van der Waals surface area (Å²) in [6, 6.07) is -0.124. The predicted molar refractivity (Wildman–Crippen MR) is 43.3 cm³/mol. The van der Waals surface area contributed by atoms with Crippen LogP contribution in [0.4, 0.5) is 0 Å². The van der Waals surface area contributed by atoms with Crippen LogP contribution in [0.15, 0.2) is 4.99 Å². The molecule has 0 aromatic rings. The summed E-state index contributed by atoms with van der Waals surface area (Å²) in [6.45, 7) is 4.05. The van der Waals surface area contributed by atoms with Crippen LogP contribution in [0, 0.1) is 0 Å². The summed E-state index contributed by atoms with van der Waals surface area (Å²) < 4.78 is 1.72. The fourth-order valence-electron chi connectivity index (χ4n) is 1.11. The highest BCUT2D eigenvalue weighted by atomic mass is 32.1. The Labute approximate surface area is 65.7 Å². The van der Waals surface area contributed by atoms with Crippen molar-refractivity contribution in [1.82, 2.24) is 4.31 Å². The van der Waals surface area contributed by atoms with Crippen LogP contribution in [0.1, 0.15) is 12.8 Å². The van der Waals surface area contributed by atoms with E-state index in [4.69, 9.17) is 0 Å². The first-order valence-corrected chi connectivity index (χ1v) is 3.62. The Bertz CT molecular complexity index is 160. The summed E-state index contributed by atoms with van der Waals surface area (Å²) in [5, 5.41) is 0. The monoisotopic (exact) mass is 158 g/mol. The molecule has 1 heterocycles. The topological polar surface area (TPSA) is 32.7 Å². The Morgan fingerprint density at radius 2 is 2.50 bits per heavy atom. The van der Waals surface area contributed by atoms with Crippen molar-refractivity contribution in [2.45, 2.75) is 18.9 Å². The normalized spacial score (nSPS) is 26.7. The van der Waals surface area contributed by atoms with E-state index in [1.165, 1.54) is 0 Å². The fraction of sp³-hybridized carbons (Fsp3) is 0.667. The van der Waals surface area contributed by atoms with E-state index in [0.29, 0.717) is 0 Å². The lowest BCUT2D eigenvalue weighted by Crippen LogP contribution is -2.27. The number of hydrogen-bond acceptors (Lipinski definition) is 3. The molecule has 0 spiro atoms. The quantitative estimate of drug-likeness (QED) is 0.446. The Morgan fingerprint density at radius 3 is 2.90 bits per heavy atom. The molecule has 0 N–H and O–H groups in total. The molecular formula is C6H10N2OS. The van der Waals surface area contributed by atoms with E-state index in [9.17, 15) is 4.79 Å². The van der Waals surface area contributed by atoms with Gasteiger partial charge in [-0.3, -0.25) is 4.79 Å². The molecule has 1 aliphatic rings. The zero-order valence-corrected chi connectivity index (χ0v) is 6.55. The van der Waals surface area contributed by atoms with Crippen LogP contribution in [0.2, 0.25) is 0 Å². The first-order chi connectivity index (χ1) is 4.75. The highest BCUT2D eigenvalue weighted by molar-refractivity contribution is 7.77. The van der Waals surface area contributed by atoms with Crippen molar-refractivity contribution in [3.8, 4) is 0 Å². The molecule has 0 unspecified atom stereocenters. The minimum Gasteiger partial charge on any atom is -0.271 e. The standard InChI is InChI=1S/C6H10N2OS/c1-7-6(9)5-3-2-4-8(5)10/h5,10H,1-4H2/t5-/m0/s1. The minimum atomic E-state index is -0.160. The van der Waals surface area contributed by atoms with Gasteiger partial charge in [0.15, 0.2) is 0 Å². The van der Waals surface area contributed by atoms with Gasteiger partial charge < -0.3 is 0 Å². The zero-order valence-electron chi connectivity index (χ0n) is 5.66. The molecule has 1 saturated heterocycles. The van der Waals surface area contributed by atoms with Gasteiger partial charge in [-0.15, -0.1) is 0 Å². The van der Waals surface area contributed by atoms with Gasteiger partial charge >= 0.3 is 0 Å². The van der Waals surface area contributed by atoms with Gasteiger partial charge in [0.05, 0.1) is 0 Å². The summed E-state index contributed by atoms with van der Waals surface area (Å²) >= 11 is 4.11. The number of amides is 1. The van der Waals surface area contributed by atoms with E-state index in [1.807, 2.05) is 0 Å². The Kier molecular flexibility index (Phi) is 2.45. The second-order valence-corrected chi connectivity index (χ2v) is 2.83. The van der Waals surface area contributed by atoms with Gasteiger partial charge in [0.25, 0.3) is 5.91 Å². The average molecular weight is 158 g/mol. The maximum atomic E-state index is 10.9. The zero-order chi connectivity index (χ0) is 7.56. The van der Waals surface area contributed by atoms with Crippen molar-refractivity contribution in [3.63, 3.8) is 0 Å². The fourth-order valence-corrected chi connectivity index (χ4v) is 1.46. The number of thiol groups is 1. The SMILES string of the molecule is C=NC(=O)[C@@H]1CCCN1S. The van der Waals surface area contributed by atoms with Gasteiger partial charge in [-0.05, 0) is 19.6 Å². The van der Waals surface area contributed by atoms with Gasteiger partial charge in [0.1, 0.15) is 6.04 Å². The summed E-state index contributed by atoms with van der Waals surface area (Å²) in [5.41, 5.74) is 0. The van der Waals surface area contributed by atoms with Gasteiger partial charge in [-0.2, -0.15) is 0 Å². The van der Waals surface area contributed by atoms with Gasteiger partial charge in [-0.1, -0.05) is 12.8 Å². The van der Waals surface area contributed by atoms with E-state index in [2.05, 4.69) is 24.5 Å². The lowest BCUT2D eigenvalue weighted by Gasteiger charge is -2.12. The third-order valence-electron chi connectivity index (χ3n) is 1.67. The van der Waals surface area contributed by atoms with Crippen molar-refractivity contribution in [1.29, 1.82) is 0 Å². The minimum absolute atomic E-state index is 0.124. The molecule has 0 aromatic carbocycles. The van der Waals surface area contributed by atoms with Crippen LogP contribution in [0.5, 0.6) is 0 Å². The van der Waals surface area contributed by atoms with Crippen molar-refractivity contribution in [2.75, 3.05) is 6.54 Å². The summed E-state index contributed by atoms with van der Waals surface area (Å²) in [4.78, 5) is 14.2. The molecule has 3 nitrogen and oxygen atoms in total. The van der Waals surface area contributed by atoms with Crippen LogP contribution in [-0.4, -0.2) is 29.5 Å². The van der Waals surface area contributed by atoms with E-state index in [1.54, 1.807) is 4.31 Å². The molecule has 0 aromatic heterocycles. The number of hydrogen-bond donors (Lipinski definition) is 1. The highest BCUT2D eigenvalue weighted by Gasteiger charge is 2.27. The Hall–Kier alpha value is -0.350. The molecule has 56 valence electrons. The molecule has 1 amide bonds. The lowest BCUT2D eigenvalue weighted by atomic mass is 10.2. The molecule has 4 heteroatoms. The third kappa shape index (κ3) is 1.38. The van der Waals surface area contributed by atoms with Gasteiger partial charge in [0.2, 0.25) is 0 Å². The molecular weight excluding hydrogens is 148 g/mol. The number of rotatable bonds is 1. The molecule has 10 heavy (non-hydrogen) atoms. The lowest BCUT2D eigenvalue weighted by molar-refractivity contribution is -0.120. The summed E-state index contributed by atoms with van der Waals surface area (Å²) in [7, 11) is 0. The molecule has 0 bridgehead atoms. The molecule has 1 atom stereocenters. The maximum absolute atomic E-state index is 10.9. The van der Waals surface area contributed by atoms with Crippen molar-refractivity contribution >= 4 is 25.4 Å². The number of carbonyl (C=O) groups excluding carboxylic acids is 1. The van der Waals surface area contributed by atoms with Gasteiger partial charge in [0, 0.05) is 6.54 Å². The maximum Gasteiger partial charge on any atom is 0.263 e. The van der Waals surface area contributed by atoms with Crippen molar-refractivity contribution in [2.24, 2.45) is 4.99 Å². The average Bonchev–Trinajstić information content (AvgIpc) is 2.34. The summed E-state index contributed by atoms with van der Waals surface area (Å²) in [6.07, 6.45) is 1.89. The Morgan fingerprint density at radius 1 is 1.80 bits per heavy atom. The summed E-state index contributed by atoms with van der Waals surface area (Å²) in [5.74, 6) is -0.160. The number of aliphatic imine (C=N–C) groups is 1. The molecule has 1 fully saturated rings. The smallest absolute Gasteiger partial charge is 0.263 e. The molecule has 0 aliphatic carbocycles. The van der Waals surface area contributed by atoms with Gasteiger partial charge in [-0.25, -0.2) is 9.30 Å². The van der Waals surface area contributed by atoms with Crippen LogP contribution < -0.4 is 0 Å². The van der Waals surface area contributed by atoms with Crippen LogP contribution in [0.25, 0.3) is 0 Å². The predicted octanol–water partition coefficient (Wildman–Crippen LogP) is 0.523. The second kappa shape index (κ2) is 3.16. The van der Waals surface area contributed by atoms with E-state index >= 15 is 0 Å². The number of carbonyl (C=O) groups is 1. The molecule has 1 aliphatic heterocycles. The van der Waals surface area contributed by atoms with Crippen LogP contribution in [0.3, 0.4) is 0 Å². The molecule has 1 rings (SSSR count). The molecule has 0 radical (unpaired) electrons. The van der Waals surface area contributed by atoms with Crippen molar-refractivity contribution in [3.05, 3.63) is 0 Å². The van der Waals surface area contributed by atoms with E-state index in [-0.39, 0.29) is 11.9 Å². The largest absolute Gasteiger partial charge is 0.271 e. The van der Waals surface area contributed by atoms with E-state index in [0.717, 1.165) is 19.4 Å². The highest BCUT2D eigenvalue weighted by Crippen LogP contribution is 2.19. The first kappa shape index (κ1) is 7.75. The van der Waals surface area contributed by atoms with Crippen LogP contribution >= 0.6 is 12.8 Å². The van der Waals surface area contributed by atoms with E-state index < -0.39 is 0 Å². The third-order valence-corrected chi connectivity index (χ3v) is 2.14. The number of nitrogens with zero attached hydrogens (tertiary/aromatic N) is 2. The second-order valence-electron chi connectivity index (χ2n) is 2.32. The van der Waals surface area contributed by atoms with Crippen LogP contribution in [-0.2, 0) is 4.79 Å². The first-order valence-electron chi connectivity index (χ1n) is 3.22. The van der Waals surface area contributed by atoms with Crippen molar-refractivity contribution < 1.29 is 4.79 Å².